The maximum atomic E-state index is 12.8. The molecule has 0 aromatic heterocycles. The Labute approximate surface area is 115 Å². The molecule has 0 aliphatic rings. The van der Waals surface area contributed by atoms with Crippen LogP contribution in [0.4, 0.5) is 4.39 Å². The highest BCUT2D eigenvalue weighted by Gasteiger charge is 2.12. The summed E-state index contributed by atoms with van der Waals surface area (Å²) in [5.74, 6) is 0.168. The van der Waals surface area contributed by atoms with E-state index in [1.165, 1.54) is 19.2 Å². The van der Waals surface area contributed by atoms with E-state index in [0.29, 0.717) is 16.3 Å². The smallest absolute Gasteiger partial charge is 0.168 e. The third-order valence-electron chi connectivity index (χ3n) is 2.75. The van der Waals surface area contributed by atoms with E-state index in [-0.39, 0.29) is 18.0 Å². The number of carbonyl (C=O) groups is 1. The van der Waals surface area contributed by atoms with Crippen molar-refractivity contribution in [2.24, 2.45) is 0 Å². The van der Waals surface area contributed by atoms with Gasteiger partial charge in [0.15, 0.2) is 5.78 Å². The van der Waals surface area contributed by atoms with Gasteiger partial charge in [0.25, 0.3) is 0 Å². The molecule has 98 valence electrons. The minimum atomic E-state index is -0.321. The van der Waals surface area contributed by atoms with Gasteiger partial charge in [-0.25, -0.2) is 4.39 Å². The van der Waals surface area contributed by atoms with Crippen LogP contribution in [0.5, 0.6) is 5.75 Å². The molecular weight excluding hydrogens is 267 g/mol. The molecule has 19 heavy (non-hydrogen) atoms. The van der Waals surface area contributed by atoms with Crippen LogP contribution in [0, 0.1) is 5.82 Å². The van der Waals surface area contributed by atoms with Crippen molar-refractivity contribution >= 4 is 17.4 Å². The van der Waals surface area contributed by atoms with Gasteiger partial charge in [-0.2, -0.15) is 0 Å². The molecule has 2 rings (SSSR count). The number of hydrogen-bond acceptors (Lipinski definition) is 2. The Balaban J connectivity index is 2.18. The minimum absolute atomic E-state index is 0.112. The third-order valence-corrected chi connectivity index (χ3v) is 3.07. The summed E-state index contributed by atoms with van der Waals surface area (Å²) in [6.45, 7) is 0. The quantitative estimate of drug-likeness (QED) is 0.793. The molecule has 0 bridgehead atoms. The number of hydrogen-bond donors (Lipinski definition) is 0. The van der Waals surface area contributed by atoms with Crippen LogP contribution in [0.25, 0.3) is 0 Å². The average Bonchev–Trinajstić information content (AvgIpc) is 2.41. The molecule has 0 heterocycles. The van der Waals surface area contributed by atoms with E-state index in [9.17, 15) is 9.18 Å². The first-order valence-corrected chi connectivity index (χ1v) is 6.09. The summed E-state index contributed by atoms with van der Waals surface area (Å²) < 4.78 is 17.8. The van der Waals surface area contributed by atoms with Crippen molar-refractivity contribution in [3.63, 3.8) is 0 Å². The van der Waals surface area contributed by atoms with Gasteiger partial charge < -0.3 is 4.74 Å². The van der Waals surface area contributed by atoms with Crippen LogP contribution in [0.2, 0.25) is 5.02 Å². The molecule has 4 heteroatoms. The Hall–Kier alpha value is -1.87. The van der Waals surface area contributed by atoms with Crippen molar-refractivity contribution in [3.8, 4) is 5.75 Å². The SMILES string of the molecule is COc1ccc(C(=O)Cc2ccc(F)cc2)c(Cl)c1. The monoisotopic (exact) mass is 278 g/mol. The number of benzene rings is 2. The summed E-state index contributed by atoms with van der Waals surface area (Å²) in [7, 11) is 1.53. The van der Waals surface area contributed by atoms with E-state index < -0.39 is 0 Å². The Morgan fingerprint density at radius 3 is 2.47 bits per heavy atom. The number of halogens is 2. The van der Waals surface area contributed by atoms with Crippen molar-refractivity contribution in [2.75, 3.05) is 7.11 Å². The van der Waals surface area contributed by atoms with Gasteiger partial charge in [0.05, 0.1) is 12.1 Å². The lowest BCUT2D eigenvalue weighted by atomic mass is 10.0. The van der Waals surface area contributed by atoms with E-state index in [1.807, 2.05) is 0 Å². The van der Waals surface area contributed by atoms with Crippen molar-refractivity contribution in [3.05, 3.63) is 64.4 Å². The predicted octanol–water partition coefficient (Wildman–Crippen LogP) is 3.91. The van der Waals surface area contributed by atoms with E-state index in [0.717, 1.165) is 5.56 Å². The molecule has 2 aromatic rings. The second-order valence-electron chi connectivity index (χ2n) is 4.07. The van der Waals surface area contributed by atoms with Crippen molar-refractivity contribution < 1.29 is 13.9 Å². The summed E-state index contributed by atoms with van der Waals surface area (Å²) in [6.07, 6.45) is 0.187. The number of ether oxygens (including phenoxy) is 1. The number of carbonyl (C=O) groups excluding carboxylic acids is 1. The van der Waals surface area contributed by atoms with Crippen LogP contribution in [-0.4, -0.2) is 12.9 Å². The average molecular weight is 279 g/mol. The lowest BCUT2D eigenvalue weighted by Gasteiger charge is -2.06. The summed E-state index contributed by atoms with van der Waals surface area (Å²) in [4.78, 5) is 12.1. The van der Waals surface area contributed by atoms with Gasteiger partial charge in [-0.15, -0.1) is 0 Å². The van der Waals surface area contributed by atoms with Crippen LogP contribution in [0.1, 0.15) is 15.9 Å². The largest absolute Gasteiger partial charge is 0.497 e. The maximum Gasteiger partial charge on any atom is 0.168 e. The lowest BCUT2D eigenvalue weighted by Crippen LogP contribution is -2.04. The van der Waals surface area contributed by atoms with Gasteiger partial charge in [0, 0.05) is 12.0 Å². The van der Waals surface area contributed by atoms with Crippen LogP contribution >= 0.6 is 11.6 Å². The molecule has 0 radical (unpaired) electrons. The number of methoxy groups -OCH3 is 1. The lowest BCUT2D eigenvalue weighted by molar-refractivity contribution is 0.0993. The van der Waals surface area contributed by atoms with Crippen molar-refractivity contribution in [1.29, 1.82) is 0 Å². The summed E-state index contributed by atoms with van der Waals surface area (Å²) >= 11 is 6.03. The van der Waals surface area contributed by atoms with Crippen LogP contribution in [0.15, 0.2) is 42.5 Å². The molecule has 2 nitrogen and oxygen atoms in total. The topological polar surface area (TPSA) is 26.3 Å². The molecular formula is C15H12ClFO2. The van der Waals surface area contributed by atoms with Gasteiger partial charge in [-0.3, -0.25) is 4.79 Å². The standard InChI is InChI=1S/C15H12ClFO2/c1-19-12-6-7-13(14(16)9-12)15(18)8-10-2-4-11(17)5-3-10/h2-7,9H,8H2,1H3. The highest BCUT2D eigenvalue weighted by molar-refractivity contribution is 6.34. The molecule has 0 aliphatic carbocycles. The van der Waals surface area contributed by atoms with Gasteiger partial charge in [-0.05, 0) is 35.9 Å². The maximum absolute atomic E-state index is 12.8. The van der Waals surface area contributed by atoms with Crippen molar-refractivity contribution in [2.45, 2.75) is 6.42 Å². The molecule has 0 saturated heterocycles. The third kappa shape index (κ3) is 3.32. The van der Waals surface area contributed by atoms with Gasteiger partial charge >= 0.3 is 0 Å². The first-order valence-electron chi connectivity index (χ1n) is 5.71. The highest BCUT2D eigenvalue weighted by Crippen LogP contribution is 2.23. The fraction of sp³-hybridized carbons (Fsp3) is 0.133. The first-order chi connectivity index (χ1) is 9.10. The number of rotatable bonds is 4. The highest BCUT2D eigenvalue weighted by atomic mass is 35.5. The van der Waals surface area contributed by atoms with E-state index >= 15 is 0 Å². The zero-order valence-electron chi connectivity index (χ0n) is 10.3. The molecule has 0 aliphatic heterocycles. The number of Topliss-reactive ketones (excluding diaryl/α,β-unsaturated/α-hetero) is 1. The van der Waals surface area contributed by atoms with Gasteiger partial charge in [0.2, 0.25) is 0 Å². The van der Waals surface area contributed by atoms with Crippen molar-refractivity contribution in [1.82, 2.24) is 0 Å². The second-order valence-corrected chi connectivity index (χ2v) is 4.48. The van der Waals surface area contributed by atoms with Crippen LogP contribution < -0.4 is 4.74 Å². The fourth-order valence-electron chi connectivity index (χ4n) is 1.73. The van der Waals surface area contributed by atoms with Gasteiger partial charge in [0.1, 0.15) is 11.6 Å². The molecule has 0 saturated carbocycles. The Morgan fingerprint density at radius 1 is 1.21 bits per heavy atom. The summed E-state index contributed by atoms with van der Waals surface area (Å²) in [5.41, 5.74) is 1.19. The summed E-state index contributed by atoms with van der Waals surface area (Å²) in [6, 6.07) is 10.8. The molecule has 0 atom stereocenters. The normalized spacial score (nSPS) is 10.3. The summed E-state index contributed by atoms with van der Waals surface area (Å²) in [5, 5.41) is 0.353. The second kappa shape index (κ2) is 5.85. The van der Waals surface area contributed by atoms with Crippen LogP contribution in [-0.2, 0) is 6.42 Å². The Bertz CT molecular complexity index is 594. The molecule has 0 amide bonds. The first kappa shape index (κ1) is 13.6. The molecule has 0 unspecified atom stereocenters. The van der Waals surface area contributed by atoms with Gasteiger partial charge in [-0.1, -0.05) is 23.7 Å². The Morgan fingerprint density at radius 2 is 1.89 bits per heavy atom. The minimum Gasteiger partial charge on any atom is -0.497 e. The number of ketones is 1. The fourth-order valence-corrected chi connectivity index (χ4v) is 2.01. The van der Waals surface area contributed by atoms with E-state index in [2.05, 4.69) is 0 Å². The Kier molecular flexibility index (Phi) is 4.17. The van der Waals surface area contributed by atoms with E-state index in [4.69, 9.17) is 16.3 Å². The molecule has 0 N–H and O–H groups in total. The zero-order chi connectivity index (χ0) is 13.8. The predicted molar refractivity (Wildman–Crippen MR) is 72.4 cm³/mol. The zero-order valence-corrected chi connectivity index (χ0v) is 11.1. The van der Waals surface area contributed by atoms with Crippen LogP contribution in [0.3, 0.4) is 0 Å². The molecule has 0 fully saturated rings. The molecule has 2 aromatic carbocycles. The molecule has 0 spiro atoms. The van der Waals surface area contributed by atoms with E-state index in [1.54, 1.807) is 30.3 Å².